The maximum Gasteiger partial charge on any atom is 0.328 e. The molecule has 27 heavy (non-hydrogen) atoms. The van der Waals surface area contributed by atoms with E-state index >= 15 is 0 Å². The first-order chi connectivity index (χ1) is 12.7. The fraction of sp³-hybridized carbons (Fsp3) is 0.733. The van der Waals surface area contributed by atoms with Gasteiger partial charge in [0.05, 0.1) is 12.6 Å². The van der Waals surface area contributed by atoms with E-state index in [9.17, 15) is 19.2 Å². The second-order valence-electron chi connectivity index (χ2n) is 5.95. The molecule has 9 N–H and O–H groups in total. The lowest BCUT2D eigenvalue weighted by Gasteiger charge is -2.22. The first-order valence-corrected chi connectivity index (χ1v) is 9.12. The number of rotatable bonds is 13. The van der Waals surface area contributed by atoms with Gasteiger partial charge in [-0.1, -0.05) is 6.42 Å². The van der Waals surface area contributed by atoms with Gasteiger partial charge in [0.25, 0.3) is 0 Å². The summed E-state index contributed by atoms with van der Waals surface area (Å²) in [6, 6.07) is -4.40. The van der Waals surface area contributed by atoms with Gasteiger partial charge in [-0.3, -0.25) is 14.4 Å². The van der Waals surface area contributed by atoms with Crippen LogP contribution in [-0.2, 0) is 19.2 Å². The van der Waals surface area contributed by atoms with Gasteiger partial charge in [-0.05, 0) is 26.3 Å². The maximum atomic E-state index is 12.2. The predicted octanol–water partition coefficient (Wildman–Crippen LogP) is -3.08. The summed E-state index contributed by atoms with van der Waals surface area (Å²) in [6.45, 7) is 1.04. The number of amides is 3. The number of carboxylic acid groups (broad SMARTS) is 1. The second kappa shape index (κ2) is 13.3. The van der Waals surface area contributed by atoms with Gasteiger partial charge in [0.15, 0.2) is 0 Å². The number of thiol groups is 1. The third-order valence-corrected chi connectivity index (χ3v) is 4.04. The van der Waals surface area contributed by atoms with Crippen LogP contribution in [0, 0.1) is 0 Å². The molecule has 0 aliphatic heterocycles. The minimum absolute atomic E-state index is 0.0319. The number of carbonyl (C=O) groups is 4. The molecule has 12 heteroatoms. The quantitative estimate of drug-likeness (QED) is 0.116. The number of nitrogens with two attached hydrogens (primary N) is 2. The summed E-state index contributed by atoms with van der Waals surface area (Å²) in [7, 11) is 0. The van der Waals surface area contributed by atoms with Crippen LogP contribution in [0.15, 0.2) is 0 Å². The average Bonchev–Trinajstić information content (AvgIpc) is 2.62. The highest BCUT2D eigenvalue weighted by atomic mass is 32.1. The molecule has 0 aliphatic carbocycles. The highest BCUT2D eigenvalue weighted by molar-refractivity contribution is 7.80. The van der Waals surface area contributed by atoms with Crippen molar-refractivity contribution >= 4 is 36.3 Å². The second-order valence-corrected chi connectivity index (χ2v) is 6.31. The Morgan fingerprint density at radius 2 is 1.59 bits per heavy atom. The molecule has 0 aromatic carbocycles. The number of unbranched alkanes of at least 4 members (excludes halogenated alkanes) is 1. The van der Waals surface area contributed by atoms with Crippen molar-refractivity contribution in [1.29, 1.82) is 0 Å². The molecular weight excluding hydrogens is 378 g/mol. The van der Waals surface area contributed by atoms with E-state index in [2.05, 4.69) is 28.6 Å². The van der Waals surface area contributed by atoms with Gasteiger partial charge in [0.2, 0.25) is 17.7 Å². The molecule has 3 amide bonds. The molecule has 0 saturated carbocycles. The fourth-order valence-corrected chi connectivity index (χ4v) is 2.23. The molecule has 4 unspecified atom stereocenters. The van der Waals surface area contributed by atoms with Crippen molar-refractivity contribution in [2.75, 3.05) is 18.9 Å². The SMILES string of the molecule is CC(NC(=O)C(CS)NC(=O)C(N)CCCCN)C(=O)NC(CO)C(=O)O. The zero-order chi connectivity index (χ0) is 21.0. The van der Waals surface area contributed by atoms with Crippen LogP contribution in [0.5, 0.6) is 0 Å². The molecule has 0 rings (SSSR count). The van der Waals surface area contributed by atoms with Gasteiger partial charge in [0.1, 0.15) is 18.1 Å². The summed E-state index contributed by atoms with van der Waals surface area (Å²) in [5.74, 6) is -3.44. The Labute approximate surface area is 163 Å². The van der Waals surface area contributed by atoms with Crippen molar-refractivity contribution in [2.24, 2.45) is 11.5 Å². The largest absolute Gasteiger partial charge is 0.480 e. The number of aliphatic hydroxyl groups is 1. The number of nitrogens with one attached hydrogen (secondary N) is 3. The average molecular weight is 407 g/mol. The number of hydrogen-bond donors (Lipinski definition) is 8. The lowest BCUT2D eigenvalue weighted by Crippen LogP contribution is -2.57. The molecule has 0 heterocycles. The van der Waals surface area contributed by atoms with Gasteiger partial charge in [-0.25, -0.2) is 4.79 Å². The van der Waals surface area contributed by atoms with E-state index < -0.39 is 54.5 Å². The van der Waals surface area contributed by atoms with Crippen LogP contribution in [0.2, 0.25) is 0 Å². The van der Waals surface area contributed by atoms with Crippen molar-refractivity contribution < 1.29 is 29.4 Å². The number of carbonyl (C=O) groups excluding carboxylic acids is 3. The van der Waals surface area contributed by atoms with Crippen molar-refractivity contribution in [3.05, 3.63) is 0 Å². The van der Waals surface area contributed by atoms with E-state index in [1.54, 1.807) is 0 Å². The zero-order valence-corrected chi connectivity index (χ0v) is 16.1. The molecule has 156 valence electrons. The molecule has 0 spiro atoms. The fourth-order valence-electron chi connectivity index (χ4n) is 1.97. The minimum atomic E-state index is -1.48. The van der Waals surface area contributed by atoms with Crippen LogP contribution < -0.4 is 27.4 Å². The van der Waals surface area contributed by atoms with E-state index in [1.807, 2.05) is 0 Å². The highest BCUT2D eigenvalue weighted by Crippen LogP contribution is 2.00. The molecule has 0 fully saturated rings. The molecule has 11 nitrogen and oxygen atoms in total. The number of carboxylic acids is 1. The third kappa shape index (κ3) is 9.56. The topological polar surface area (TPSA) is 197 Å². The van der Waals surface area contributed by atoms with Crippen LogP contribution in [0.25, 0.3) is 0 Å². The molecule has 0 aliphatic rings. The van der Waals surface area contributed by atoms with Crippen LogP contribution in [0.1, 0.15) is 26.2 Å². The molecule has 0 radical (unpaired) electrons. The van der Waals surface area contributed by atoms with Gasteiger partial charge < -0.3 is 37.6 Å². The van der Waals surface area contributed by atoms with Crippen molar-refractivity contribution in [3.63, 3.8) is 0 Å². The Hall–Kier alpha value is -1.89. The Morgan fingerprint density at radius 1 is 1.00 bits per heavy atom. The first kappa shape index (κ1) is 25.1. The van der Waals surface area contributed by atoms with Crippen molar-refractivity contribution in [2.45, 2.75) is 50.4 Å². The maximum absolute atomic E-state index is 12.2. The van der Waals surface area contributed by atoms with Crippen molar-refractivity contribution in [1.82, 2.24) is 16.0 Å². The number of hydrogen-bond acceptors (Lipinski definition) is 8. The standard InChI is InChI=1S/C15H29N5O6S/c1-8(12(22)19-10(6-21)15(25)26)18-14(24)11(7-27)20-13(23)9(17)4-2-3-5-16/h8-11,21,27H,2-7,16-17H2,1H3,(H,18,24)(H,19,22)(H,20,23)(H,25,26). The van der Waals surface area contributed by atoms with Gasteiger partial charge >= 0.3 is 5.97 Å². The molecule has 0 bridgehead atoms. The van der Waals surface area contributed by atoms with Crippen molar-refractivity contribution in [3.8, 4) is 0 Å². The zero-order valence-electron chi connectivity index (χ0n) is 15.2. The van der Waals surface area contributed by atoms with Gasteiger partial charge in [-0.15, -0.1) is 0 Å². The Kier molecular flexibility index (Phi) is 12.4. The summed E-state index contributed by atoms with van der Waals surface area (Å²) in [5.41, 5.74) is 11.1. The van der Waals surface area contributed by atoms with Crippen LogP contribution in [-0.4, -0.2) is 77.0 Å². The molecule has 0 saturated heterocycles. The summed E-state index contributed by atoms with van der Waals surface area (Å²) in [5, 5.41) is 24.6. The van der Waals surface area contributed by atoms with Gasteiger partial charge in [-0.2, -0.15) is 12.6 Å². The monoisotopic (exact) mass is 407 g/mol. The third-order valence-electron chi connectivity index (χ3n) is 3.67. The van der Waals surface area contributed by atoms with E-state index in [1.165, 1.54) is 6.92 Å². The smallest absolute Gasteiger partial charge is 0.328 e. The minimum Gasteiger partial charge on any atom is -0.480 e. The summed E-state index contributed by atoms with van der Waals surface area (Å²) in [4.78, 5) is 47.0. The molecule has 0 aromatic heterocycles. The Morgan fingerprint density at radius 3 is 2.07 bits per heavy atom. The number of aliphatic hydroxyl groups excluding tert-OH is 1. The van der Waals surface area contributed by atoms with Gasteiger partial charge in [0, 0.05) is 5.75 Å². The highest BCUT2D eigenvalue weighted by Gasteiger charge is 2.27. The van der Waals surface area contributed by atoms with Crippen LogP contribution in [0.4, 0.5) is 0 Å². The van der Waals surface area contributed by atoms with Crippen LogP contribution >= 0.6 is 12.6 Å². The Balaban J connectivity index is 4.63. The molecule has 0 aromatic rings. The lowest BCUT2D eigenvalue weighted by molar-refractivity contribution is -0.143. The Bertz CT molecular complexity index is 521. The lowest BCUT2D eigenvalue weighted by atomic mass is 10.1. The van der Waals surface area contributed by atoms with E-state index in [0.717, 1.165) is 6.42 Å². The normalized spacial score (nSPS) is 15.1. The molecule has 4 atom stereocenters. The molecular formula is C15H29N5O6S. The van der Waals surface area contributed by atoms with Crippen LogP contribution in [0.3, 0.4) is 0 Å². The number of aliphatic carboxylic acids is 1. The summed E-state index contributed by atoms with van der Waals surface area (Å²) >= 11 is 4.01. The summed E-state index contributed by atoms with van der Waals surface area (Å²) < 4.78 is 0. The van der Waals surface area contributed by atoms with E-state index in [0.29, 0.717) is 19.4 Å². The predicted molar refractivity (Wildman–Crippen MR) is 101 cm³/mol. The van der Waals surface area contributed by atoms with E-state index in [-0.39, 0.29) is 5.75 Å². The summed E-state index contributed by atoms with van der Waals surface area (Å²) in [6.07, 6.45) is 1.82. The first-order valence-electron chi connectivity index (χ1n) is 8.49. The van der Waals surface area contributed by atoms with E-state index in [4.69, 9.17) is 21.7 Å².